The molecule has 3 heteroatoms. The van der Waals surface area contributed by atoms with Crippen molar-refractivity contribution in [2.75, 3.05) is 19.6 Å². The first-order chi connectivity index (χ1) is 9.15. The highest BCUT2D eigenvalue weighted by atomic mass is 16.4. The molecule has 2 rings (SSSR count). The van der Waals surface area contributed by atoms with Gasteiger partial charge in [-0.25, -0.2) is 4.79 Å². The SMILES string of the molecule is CCC(=CCN1CCC2(CCCCC2)CC1)C(=O)O. The zero-order valence-corrected chi connectivity index (χ0v) is 12.2. The van der Waals surface area contributed by atoms with Crippen LogP contribution < -0.4 is 0 Å². The number of likely N-dealkylation sites (tertiary alicyclic amines) is 1. The van der Waals surface area contributed by atoms with Gasteiger partial charge in [-0.05, 0) is 50.6 Å². The summed E-state index contributed by atoms with van der Waals surface area (Å²) >= 11 is 0. The largest absolute Gasteiger partial charge is 0.478 e. The topological polar surface area (TPSA) is 40.5 Å². The average molecular weight is 265 g/mol. The molecule has 3 nitrogen and oxygen atoms in total. The highest BCUT2D eigenvalue weighted by Gasteiger charge is 2.35. The van der Waals surface area contributed by atoms with Gasteiger partial charge in [0, 0.05) is 12.1 Å². The lowest BCUT2D eigenvalue weighted by molar-refractivity contribution is -0.132. The van der Waals surface area contributed by atoms with Crippen molar-refractivity contribution in [3.63, 3.8) is 0 Å². The Bertz CT molecular complexity index is 333. The van der Waals surface area contributed by atoms with E-state index in [1.54, 1.807) is 0 Å². The second-order valence-electron chi connectivity index (χ2n) is 6.25. The molecule has 2 fully saturated rings. The zero-order valence-electron chi connectivity index (χ0n) is 12.2. The maximum absolute atomic E-state index is 11.0. The van der Waals surface area contributed by atoms with Crippen LogP contribution in [0.15, 0.2) is 11.6 Å². The van der Waals surface area contributed by atoms with Crippen molar-refractivity contribution in [1.82, 2.24) is 4.90 Å². The van der Waals surface area contributed by atoms with E-state index in [1.807, 2.05) is 13.0 Å². The molecule has 0 atom stereocenters. The maximum atomic E-state index is 11.0. The lowest BCUT2D eigenvalue weighted by Gasteiger charge is -2.44. The van der Waals surface area contributed by atoms with Crippen LogP contribution in [0.2, 0.25) is 0 Å². The van der Waals surface area contributed by atoms with Crippen molar-refractivity contribution in [3.05, 3.63) is 11.6 Å². The van der Waals surface area contributed by atoms with E-state index in [9.17, 15) is 4.79 Å². The Morgan fingerprint density at radius 1 is 1.16 bits per heavy atom. The van der Waals surface area contributed by atoms with E-state index in [-0.39, 0.29) is 0 Å². The van der Waals surface area contributed by atoms with Crippen LogP contribution in [0.5, 0.6) is 0 Å². The van der Waals surface area contributed by atoms with E-state index in [4.69, 9.17) is 5.11 Å². The van der Waals surface area contributed by atoms with Crippen LogP contribution in [0.4, 0.5) is 0 Å². The summed E-state index contributed by atoms with van der Waals surface area (Å²) in [5, 5.41) is 9.01. The van der Waals surface area contributed by atoms with Gasteiger partial charge >= 0.3 is 5.97 Å². The van der Waals surface area contributed by atoms with Crippen LogP contribution in [0.25, 0.3) is 0 Å². The number of piperidine rings is 1. The van der Waals surface area contributed by atoms with Crippen LogP contribution in [0, 0.1) is 5.41 Å². The molecule has 0 radical (unpaired) electrons. The Morgan fingerprint density at radius 2 is 1.79 bits per heavy atom. The van der Waals surface area contributed by atoms with Gasteiger partial charge in [-0.2, -0.15) is 0 Å². The third-order valence-corrected chi connectivity index (χ3v) is 5.08. The molecule has 0 unspecified atom stereocenters. The van der Waals surface area contributed by atoms with Crippen molar-refractivity contribution in [2.24, 2.45) is 5.41 Å². The molecule has 1 N–H and O–H groups in total. The van der Waals surface area contributed by atoms with E-state index >= 15 is 0 Å². The van der Waals surface area contributed by atoms with Gasteiger partial charge in [0.05, 0.1) is 0 Å². The molecular weight excluding hydrogens is 238 g/mol. The first kappa shape index (κ1) is 14.6. The average Bonchev–Trinajstić information content (AvgIpc) is 2.42. The Hall–Kier alpha value is -0.830. The molecule has 1 saturated carbocycles. The summed E-state index contributed by atoms with van der Waals surface area (Å²) in [5.41, 5.74) is 1.19. The van der Waals surface area contributed by atoms with Gasteiger partial charge in [0.1, 0.15) is 0 Å². The first-order valence-electron chi connectivity index (χ1n) is 7.80. The molecule has 0 aromatic heterocycles. The van der Waals surface area contributed by atoms with Crippen molar-refractivity contribution in [3.8, 4) is 0 Å². The molecule has 19 heavy (non-hydrogen) atoms. The van der Waals surface area contributed by atoms with Gasteiger partial charge in [0.2, 0.25) is 0 Å². The zero-order chi connectivity index (χ0) is 13.7. The third kappa shape index (κ3) is 3.82. The molecular formula is C16H27NO2. The number of aliphatic carboxylic acids is 1. The fourth-order valence-corrected chi connectivity index (χ4v) is 3.63. The number of carboxylic acids is 1. The number of carbonyl (C=O) groups is 1. The summed E-state index contributed by atoms with van der Waals surface area (Å²) in [6.45, 7) is 5.01. The number of hydrogen-bond acceptors (Lipinski definition) is 2. The smallest absolute Gasteiger partial charge is 0.331 e. The lowest BCUT2D eigenvalue weighted by atomic mass is 9.68. The quantitative estimate of drug-likeness (QED) is 0.791. The van der Waals surface area contributed by atoms with Crippen LogP contribution in [-0.4, -0.2) is 35.6 Å². The molecule has 0 amide bonds. The fraction of sp³-hybridized carbons (Fsp3) is 0.812. The van der Waals surface area contributed by atoms with Crippen LogP contribution in [-0.2, 0) is 4.79 Å². The summed E-state index contributed by atoms with van der Waals surface area (Å²) in [7, 11) is 0. The predicted octanol–water partition coefficient (Wildman–Crippen LogP) is 3.45. The first-order valence-corrected chi connectivity index (χ1v) is 7.80. The summed E-state index contributed by atoms with van der Waals surface area (Å²) in [5.74, 6) is -0.761. The minimum Gasteiger partial charge on any atom is -0.478 e. The third-order valence-electron chi connectivity index (χ3n) is 5.08. The Balaban J connectivity index is 1.81. The van der Waals surface area contributed by atoms with Crippen molar-refractivity contribution < 1.29 is 9.90 Å². The molecule has 108 valence electrons. The Kier molecular flexibility index (Phi) is 5.03. The monoisotopic (exact) mass is 265 g/mol. The Morgan fingerprint density at radius 3 is 2.32 bits per heavy atom. The highest BCUT2D eigenvalue weighted by Crippen LogP contribution is 2.44. The van der Waals surface area contributed by atoms with E-state index in [1.165, 1.54) is 44.9 Å². The van der Waals surface area contributed by atoms with Crippen LogP contribution >= 0.6 is 0 Å². The van der Waals surface area contributed by atoms with Gasteiger partial charge in [-0.1, -0.05) is 32.3 Å². The molecule has 1 aliphatic carbocycles. The van der Waals surface area contributed by atoms with E-state index in [0.717, 1.165) is 19.6 Å². The molecule has 0 aromatic rings. The highest BCUT2D eigenvalue weighted by molar-refractivity contribution is 5.86. The lowest BCUT2D eigenvalue weighted by Crippen LogP contribution is -2.41. The molecule has 1 aliphatic heterocycles. The number of rotatable bonds is 4. The van der Waals surface area contributed by atoms with Gasteiger partial charge in [-0.3, -0.25) is 4.90 Å². The van der Waals surface area contributed by atoms with E-state index < -0.39 is 5.97 Å². The predicted molar refractivity (Wildman–Crippen MR) is 77.2 cm³/mol. The Labute approximate surface area is 116 Å². The van der Waals surface area contributed by atoms with Crippen molar-refractivity contribution in [1.29, 1.82) is 0 Å². The minimum absolute atomic E-state index is 0.554. The fourth-order valence-electron chi connectivity index (χ4n) is 3.63. The van der Waals surface area contributed by atoms with E-state index in [0.29, 0.717) is 17.4 Å². The van der Waals surface area contributed by atoms with Crippen molar-refractivity contribution in [2.45, 2.75) is 58.3 Å². The molecule has 1 spiro atoms. The molecule has 0 bridgehead atoms. The van der Waals surface area contributed by atoms with Crippen molar-refractivity contribution >= 4 is 5.97 Å². The number of carboxylic acid groups (broad SMARTS) is 1. The number of hydrogen-bond donors (Lipinski definition) is 1. The summed E-state index contributed by atoms with van der Waals surface area (Å²) in [6, 6.07) is 0. The molecule has 2 aliphatic rings. The van der Waals surface area contributed by atoms with E-state index in [2.05, 4.69) is 4.90 Å². The molecule has 0 aromatic carbocycles. The van der Waals surface area contributed by atoms with Crippen LogP contribution in [0.3, 0.4) is 0 Å². The number of nitrogens with zero attached hydrogens (tertiary/aromatic N) is 1. The van der Waals surface area contributed by atoms with Gasteiger partial charge in [0.25, 0.3) is 0 Å². The molecule has 1 heterocycles. The standard InChI is InChI=1S/C16H27NO2/c1-2-14(15(18)19)6-11-17-12-9-16(10-13-17)7-4-3-5-8-16/h6H,2-5,7-13H2,1H3,(H,18,19). The second-order valence-corrected chi connectivity index (χ2v) is 6.25. The maximum Gasteiger partial charge on any atom is 0.331 e. The summed E-state index contributed by atoms with van der Waals surface area (Å²) in [4.78, 5) is 13.4. The van der Waals surface area contributed by atoms with Gasteiger partial charge in [-0.15, -0.1) is 0 Å². The van der Waals surface area contributed by atoms with Gasteiger partial charge in [0.15, 0.2) is 0 Å². The summed E-state index contributed by atoms with van der Waals surface area (Å²) < 4.78 is 0. The second kappa shape index (κ2) is 6.56. The normalized spacial score (nSPS) is 24.6. The summed E-state index contributed by atoms with van der Waals surface area (Å²) in [6.07, 6.45) is 12.3. The minimum atomic E-state index is -0.761. The molecule has 1 saturated heterocycles. The van der Waals surface area contributed by atoms with Crippen LogP contribution in [0.1, 0.15) is 58.3 Å². The van der Waals surface area contributed by atoms with Gasteiger partial charge < -0.3 is 5.11 Å².